The maximum atomic E-state index is 11.4. The Kier molecular flexibility index (Phi) is 7.02. The van der Waals surface area contributed by atoms with Crippen LogP contribution in [-0.2, 0) is 4.79 Å². The van der Waals surface area contributed by atoms with Gasteiger partial charge in [0.25, 0.3) is 0 Å². The molecule has 0 radical (unpaired) electrons. The van der Waals surface area contributed by atoms with Gasteiger partial charge in [0.2, 0.25) is 5.91 Å². The molecule has 0 bridgehead atoms. The van der Waals surface area contributed by atoms with Crippen molar-refractivity contribution in [2.75, 3.05) is 6.61 Å². The summed E-state index contributed by atoms with van der Waals surface area (Å²) in [6.07, 6.45) is 5.64. The molecule has 19 heavy (non-hydrogen) atoms. The molecule has 0 heterocycles. The summed E-state index contributed by atoms with van der Waals surface area (Å²) < 4.78 is 5.49. The highest BCUT2D eigenvalue weighted by molar-refractivity contribution is 5.85. The van der Waals surface area contributed by atoms with Gasteiger partial charge in [-0.3, -0.25) is 4.79 Å². The first-order valence-corrected chi connectivity index (χ1v) is 6.42. The number of para-hydroxylation sites is 1. The predicted molar refractivity (Wildman–Crippen MR) is 77.4 cm³/mol. The highest BCUT2D eigenvalue weighted by Gasteiger charge is 2.00. The zero-order valence-corrected chi connectivity index (χ0v) is 11.3. The van der Waals surface area contributed by atoms with E-state index in [9.17, 15) is 4.79 Å². The van der Waals surface area contributed by atoms with Crippen molar-refractivity contribution in [3.05, 3.63) is 42.5 Å². The van der Waals surface area contributed by atoms with E-state index >= 15 is 0 Å². The normalized spacial score (nSPS) is 10.4. The zero-order chi connectivity index (χ0) is 13.9. The van der Waals surface area contributed by atoms with Crippen LogP contribution in [-0.4, -0.2) is 18.7 Å². The number of unbranched alkanes of at least 4 members (excludes halogenated alkanes) is 1. The van der Waals surface area contributed by atoms with E-state index in [0.717, 1.165) is 18.4 Å². The molecule has 1 amide bonds. The number of hydrazone groups is 1. The molecule has 0 aliphatic heterocycles. The molecule has 4 nitrogen and oxygen atoms in total. The van der Waals surface area contributed by atoms with Crippen LogP contribution in [0.25, 0.3) is 0 Å². The number of nitrogens with one attached hydrogen (secondary N) is 1. The Morgan fingerprint density at radius 1 is 1.47 bits per heavy atom. The summed E-state index contributed by atoms with van der Waals surface area (Å²) in [5, 5.41) is 3.93. The topological polar surface area (TPSA) is 50.7 Å². The van der Waals surface area contributed by atoms with Gasteiger partial charge in [-0.25, -0.2) is 5.43 Å². The summed E-state index contributed by atoms with van der Waals surface area (Å²) in [4.78, 5) is 11.4. The second-order valence-corrected chi connectivity index (χ2v) is 4.03. The number of hydrogen-bond donors (Lipinski definition) is 1. The van der Waals surface area contributed by atoms with Gasteiger partial charge in [-0.1, -0.05) is 38.1 Å². The molecule has 0 aliphatic carbocycles. The molecule has 0 unspecified atom stereocenters. The molecule has 1 aromatic carbocycles. The Morgan fingerprint density at radius 2 is 2.26 bits per heavy atom. The number of rotatable bonds is 8. The van der Waals surface area contributed by atoms with Gasteiger partial charge in [0.05, 0.1) is 6.21 Å². The molecule has 0 saturated heterocycles. The fraction of sp³-hybridized carbons (Fsp3) is 0.333. The summed E-state index contributed by atoms with van der Waals surface area (Å²) >= 11 is 0. The van der Waals surface area contributed by atoms with E-state index in [4.69, 9.17) is 4.74 Å². The lowest BCUT2D eigenvalue weighted by atomic mass is 10.2. The van der Waals surface area contributed by atoms with Gasteiger partial charge in [0.1, 0.15) is 12.4 Å². The SMILES string of the molecule is C=CCOc1ccccc1/C=N/NC(=O)CCCC. The average Bonchev–Trinajstić information content (AvgIpc) is 2.44. The van der Waals surface area contributed by atoms with Crippen molar-refractivity contribution in [2.24, 2.45) is 5.10 Å². The van der Waals surface area contributed by atoms with Gasteiger partial charge in [-0.05, 0) is 18.6 Å². The van der Waals surface area contributed by atoms with Gasteiger partial charge in [0.15, 0.2) is 0 Å². The number of ether oxygens (including phenoxy) is 1. The van der Waals surface area contributed by atoms with Gasteiger partial charge < -0.3 is 4.74 Å². The fourth-order valence-electron chi connectivity index (χ4n) is 1.43. The third-order valence-corrected chi connectivity index (χ3v) is 2.43. The zero-order valence-electron chi connectivity index (χ0n) is 11.3. The van der Waals surface area contributed by atoms with Crippen molar-refractivity contribution >= 4 is 12.1 Å². The lowest BCUT2D eigenvalue weighted by Crippen LogP contribution is -2.16. The molecule has 1 rings (SSSR count). The van der Waals surface area contributed by atoms with Crippen molar-refractivity contribution in [1.82, 2.24) is 5.43 Å². The quantitative estimate of drug-likeness (QED) is 0.444. The van der Waals surface area contributed by atoms with Crippen LogP contribution in [0.4, 0.5) is 0 Å². The molecule has 4 heteroatoms. The lowest BCUT2D eigenvalue weighted by molar-refractivity contribution is -0.121. The van der Waals surface area contributed by atoms with Crippen molar-refractivity contribution in [2.45, 2.75) is 26.2 Å². The van der Waals surface area contributed by atoms with E-state index in [0.29, 0.717) is 18.8 Å². The Bertz CT molecular complexity index is 442. The minimum Gasteiger partial charge on any atom is -0.489 e. The number of benzene rings is 1. The van der Waals surface area contributed by atoms with Crippen molar-refractivity contribution in [1.29, 1.82) is 0 Å². The van der Waals surface area contributed by atoms with E-state index in [1.807, 2.05) is 31.2 Å². The lowest BCUT2D eigenvalue weighted by Gasteiger charge is -2.06. The van der Waals surface area contributed by atoms with Gasteiger partial charge in [0, 0.05) is 12.0 Å². The Morgan fingerprint density at radius 3 is 3.00 bits per heavy atom. The predicted octanol–water partition coefficient (Wildman–Crippen LogP) is 2.89. The minimum atomic E-state index is -0.0670. The minimum absolute atomic E-state index is 0.0670. The van der Waals surface area contributed by atoms with Gasteiger partial charge >= 0.3 is 0 Å². The summed E-state index contributed by atoms with van der Waals surface area (Å²) in [7, 11) is 0. The molecule has 0 spiro atoms. The first kappa shape index (κ1) is 15.0. The molecular formula is C15H20N2O2. The molecule has 0 fully saturated rings. The van der Waals surface area contributed by atoms with Crippen molar-refractivity contribution < 1.29 is 9.53 Å². The van der Waals surface area contributed by atoms with Crippen LogP contribution in [0.2, 0.25) is 0 Å². The first-order chi connectivity index (χ1) is 9.27. The second-order valence-electron chi connectivity index (χ2n) is 4.03. The number of hydrogen-bond acceptors (Lipinski definition) is 3. The largest absolute Gasteiger partial charge is 0.489 e. The van der Waals surface area contributed by atoms with E-state index in [1.54, 1.807) is 12.3 Å². The van der Waals surface area contributed by atoms with E-state index in [1.165, 1.54) is 0 Å². The average molecular weight is 260 g/mol. The van der Waals surface area contributed by atoms with Crippen LogP contribution in [0.3, 0.4) is 0 Å². The van der Waals surface area contributed by atoms with Crippen molar-refractivity contribution in [3.8, 4) is 5.75 Å². The maximum Gasteiger partial charge on any atom is 0.240 e. The molecule has 1 N–H and O–H groups in total. The van der Waals surface area contributed by atoms with Crippen LogP contribution in [0, 0.1) is 0 Å². The first-order valence-electron chi connectivity index (χ1n) is 6.42. The Balaban J connectivity index is 2.55. The Labute approximate surface area is 114 Å². The second kappa shape index (κ2) is 8.91. The van der Waals surface area contributed by atoms with Crippen molar-refractivity contribution in [3.63, 3.8) is 0 Å². The number of carbonyl (C=O) groups is 1. The summed E-state index contributed by atoms with van der Waals surface area (Å²) in [5.74, 6) is 0.650. The summed E-state index contributed by atoms with van der Waals surface area (Å²) in [6.45, 7) is 6.09. The number of nitrogens with zero attached hydrogens (tertiary/aromatic N) is 1. The maximum absolute atomic E-state index is 11.4. The molecule has 1 aromatic rings. The monoisotopic (exact) mass is 260 g/mol. The van der Waals surface area contributed by atoms with Crippen LogP contribution >= 0.6 is 0 Å². The highest BCUT2D eigenvalue weighted by Crippen LogP contribution is 2.15. The molecular weight excluding hydrogens is 240 g/mol. The van der Waals surface area contributed by atoms with E-state index < -0.39 is 0 Å². The summed E-state index contributed by atoms with van der Waals surface area (Å²) in [5.41, 5.74) is 3.32. The summed E-state index contributed by atoms with van der Waals surface area (Å²) in [6, 6.07) is 7.50. The highest BCUT2D eigenvalue weighted by atomic mass is 16.5. The smallest absolute Gasteiger partial charge is 0.240 e. The van der Waals surface area contributed by atoms with E-state index in [-0.39, 0.29) is 5.91 Å². The fourth-order valence-corrected chi connectivity index (χ4v) is 1.43. The molecule has 0 aromatic heterocycles. The third kappa shape index (κ3) is 5.86. The number of carbonyl (C=O) groups excluding carboxylic acids is 1. The van der Waals surface area contributed by atoms with Gasteiger partial charge in [-0.2, -0.15) is 5.10 Å². The van der Waals surface area contributed by atoms with Crippen LogP contribution in [0.15, 0.2) is 42.0 Å². The molecule has 0 saturated carbocycles. The molecule has 0 aliphatic rings. The standard InChI is InChI=1S/C15H20N2O2/c1-3-5-10-15(18)17-16-12-13-8-6-7-9-14(13)19-11-4-2/h4,6-9,12H,2-3,5,10-11H2,1H3,(H,17,18)/b16-12+. The molecule has 102 valence electrons. The third-order valence-electron chi connectivity index (χ3n) is 2.43. The van der Waals surface area contributed by atoms with Crippen LogP contribution < -0.4 is 10.2 Å². The number of amides is 1. The van der Waals surface area contributed by atoms with E-state index in [2.05, 4.69) is 17.1 Å². The van der Waals surface area contributed by atoms with Crippen LogP contribution in [0.5, 0.6) is 5.75 Å². The Hall–Kier alpha value is -2.10. The molecule has 0 atom stereocenters. The van der Waals surface area contributed by atoms with Gasteiger partial charge in [-0.15, -0.1) is 0 Å². The van der Waals surface area contributed by atoms with Crippen LogP contribution in [0.1, 0.15) is 31.7 Å².